The Labute approximate surface area is 157 Å². The van der Waals surface area contributed by atoms with Gasteiger partial charge in [-0.2, -0.15) is 5.10 Å². The van der Waals surface area contributed by atoms with Crippen LogP contribution in [0.1, 0.15) is 5.69 Å². The van der Waals surface area contributed by atoms with Crippen molar-refractivity contribution in [1.82, 2.24) is 9.78 Å². The second kappa shape index (κ2) is 5.99. The standard InChI is InChI=1S/C24H19N3/c1-16-14-24(27(26-16)21-11-9-20(25)10-12-21)19-8-13-23-18(15-19)7-6-17-4-2-3-5-22(17)23/h2-15H,25H2,1H3. The quantitative estimate of drug-likeness (QED) is 0.326. The third kappa shape index (κ3) is 2.64. The van der Waals surface area contributed by atoms with Crippen LogP contribution in [0.25, 0.3) is 38.5 Å². The Morgan fingerprint density at radius 1 is 0.741 bits per heavy atom. The summed E-state index contributed by atoms with van der Waals surface area (Å²) in [4.78, 5) is 0. The van der Waals surface area contributed by atoms with E-state index in [9.17, 15) is 0 Å². The van der Waals surface area contributed by atoms with Crippen LogP contribution < -0.4 is 5.73 Å². The molecule has 0 amide bonds. The lowest BCUT2D eigenvalue weighted by Crippen LogP contribution is -1.99. The number of rotatable bonds is 2. The van der Waals surface area contributed by atoms with Crippen LogP contribution in [0.5, 0.6) is 0 Å². The number of hydrogen-bond acceptors (Lipinski definition) is 2. The molecule has 0 aliphatic carbocycles. The number of aryl methyl sites for hydroxylation is 1. The molecule has 1 aromatic heterocycles. The Morgan fingerprint density at radius 3 is 2.33 bits per heavy atom. The van der Waals surface area contributed by atoms with Gasteiger partial charge < -0.3 is 5.73 Å². The van der Waals surface area contributed by atoms with Crippen LogP contribution in [0.2, 0.25) is 0 Å². The summed E-state index contributed by atoms with van der Waals surface area (Å²) in [6.07, 6.45) is 0. The summed E-state index contributed by atoms with van der Waals surface area (Å²) in [6.45, 7) is 2.02. The zero-order chi connectivity index (χ0) is 18.4. The van der Waals surface area contributed by atoms with Crippen molar-refractivity contribution in [1.29, 1.82) is 0 Å². The predicted molar refractivity (Wildman–Crippen MR) is 113 cm³/mol. The van der Waals surface area contributed by atoms with E-state index >= 15 is 0 Å². The van der Waals surface area contributed by atoms with Gasteiger partial charge in [0.1, 0.15) is 0 Å². The Bertz CT molecular complexity index is 1280. The van der Waals surface area contributed by atoms with Gasteiger partial charge in [-0.3, -0.25) is 0 Å². The fourth-order valence-corrected chi connectivity index (χ4v) is 3.69. The number of nitrogen functional groups attached to an aromatic ring is 1. The molecule has 0 radical (unpaired) electrons. The topological polar surface area (TPSA) is 43.8 Å². The molecule has 0 fully saturated rings. The summed E-state index contributed by atoms with van der Waals surface area (Å²) in [5.74, 6) is 0. The minimum atomic E-state index is 0.752. The molecule has 4 aromatic carbocycles. The first-order chi connectivity index (χ1) is 13.2. The molecule has 0 saturated heterocycles. The Balaban J connectivity index is 1.70. The van der Waals surface area contributed by atoms with E-state index in [1.807, 2.05) is 35.9 Å². The number of benzene rings is 4. The van der Waals surface area contributed by atoms with Gasteiger partial charge in [-0.25, -0.2) is 4.68 Å². The molecular formula is C24H19N3. The summed E-state index contributed by atoms with van der Waals surface area (Å²) < 4.78 is 1.98. The molecule has 3 nitrogen and oxygen atoms in total. The molecule has 0 aliphatic rings. The normalized spacial score (nSPS) is 11.3. The fourth-order valence-electron chi connectivity index (χ4n) is 3.69. The molecule has 1 heterocycles. The Morgan fingerprint density at radius 2 is 1.48 bits per heavy atom. The van der Waals surface area contributed by atoms with Crippen molar-refractivity contribution in [3.05, 3.63) is 90.6 Å². The van der Waals surface area contributed by atoms with Gasteiger partial charge in [0.25, 0.3) is 0 Å². The van der Waals surface area contributed by atoms with Gasteiger partial charge in [-0.1, -0.05) is 48.5 Å². The summed E-state index contributed by atoms with van der Waals surface area (Å²) in [5, 5.41) is 9.74. The number of hydrogen-bond donors (Lipinski definition) is 1. The summed E-state index contributed by atoms with van der Waals surface area (Å²) >= 11 is 0. The molecular weight excluding hydrogens is 330 g/mol. The number of anilines is 1. The second-order valence-electron chi connectivity index (χ2n) is 6.90. The molecule has 0 aliphatic heterocycles. The lowest BCUT2D eigenvalue weighted by atomic mass is 9.99. The molecule has 130 valence electrons. The molecule has 2 N–H and O–H groups in total. The van der Waals surface area contributed by atoms with E-state index in [2.05, 4.69) is 60.7 Å². The van der Waals surface area contributed by atoms with E-state index in [4.69, 9.17) is 10.8 Å². The summed E-state index contributed by atoms with van der Waals surface area (Å²) in [5.41, 5.74) is 10.8. The van der Waals surface area contributed by atoms with Crippen molar-refractivity contribution in [3.8, 4) is 16.9 Å². The van der Waals surface area contributed by atoms with Gasteiger partial charge >= 0.3 is 0 Å². The first-order valence-electron chi connectivity index (χ1n) is 9.03. The van der Waals surface area contributed by atoms with Crippen LogP contribution >= 0.6 is 0 Å². The first-order valence-corrected chi connectivity index (χ1v) is 9.03. The van der Waals surface area contributed by atoms with Gasteiger partial charge in [-0.15, -0.1) is 0 Å². The molecule has 0 unspecified atom stereocenters. The van der Waals surface area contributed by atoms with Gasteiger partial charge in [0.15, 0.2) is 0 Å². The second-order valence-corrected chi connectivity index (χ2v) is 6.90. The van der Waals surface area contributed by atoms with Crippen molar-refractivity contribution >= 4 is 27.2 Å². The molecule has 5 rings (SSSR count). The monoisotopic (exact) mass is 349 g/mol. The maximum atomic E-state index is 5.84. The smallest absolute Gasteiger partial charge is 0.0743 e. The van der Waals surface area contributed by atoms with Gasteiger partial charge in [0.2, 0.25) is 0 Å². The molecule has 0 spiro atoms. The first kappa shape index (κ1) is 15.6. The van der Waals surface area contributed by atoms with Gasteiger partial charge in [0, 0.05) is 11.3 Å². The maximum absolute atomic E-state index is 5.84. The SMILES string of the molecule is Cc1cc(-c2ccc3c(ccc4ccccc43)c2)n(-c2ccc(N)cc2)n1. The zero-order valence-electron chi connectivity index (χ0n) is 15.1. The highest BCUT2D eigenvalue weighted by molar-refractivity contribution is 6.08. The van der Waals surface area contributed by atoms with Crippen molar-refractivity contribution < 1.29 is 0 Å². The van der Waals surface area contributed by atoms with Crippen LogP contribution in [0.4, 0.5) is 5.69 Å². The number of nitrogens with zero attached hydrogens (tertiary/aromatic N) is 2. The molecule has 5 aromatic rings. The van der Waals surface area contributed by atoms with Crippen molar-refractivity contribution in [2.45, 2.75) is 6.92 Å². The molecule has 0 atom stereocenters. The molecule has 3 heteroatoms. The largest absolute Gasteiger partial charge is 0.399 e. The molecule has 0 bridgehead atoms. The van der Waals surface area contributed by atoms with E-state index < -0.39 is 0 Å². The van der Waals surface area contributed by atoms with Crippen LogP contribution in [0.15, 0.2) is 84.9 Å². The Hall–Kier alpha value is -3.59. The van der Waals surface area contributed by atoms with E-state index in [0.29, 0.717) is 0 Å². The fraction of sp³-hybridized carbons (Fsp3) is 0.0417. The molecule has 27 heavy (non-hydrogen) atoms. The number of fused-ring (bicyclic) bond motifs is 3. The lowest BCUT2D eigenvalue weighted by Gasteiger charge is -2.10. The average Bonchev–Trinajstić information content (AvgIpc) is 3.09. The van der Waals surface area contributed by atoms with E-state index in [0.717, 1.165) is 28.3 Å². The number of aromatic nitrogens is 2. The van der Waals surface area contributed by atoms with Crippen molar-refractivity contribution in [2.24, 2.45) is 0 Å². The van der Waals surface area contributed by atoms with Crippen LogP contribution in [-0.2, 0) is 0 Å². The third-order valence-electron chi connectivity index (χ3n) is 5.01. The maximum Gasteiger partial charge on any atom is 0.0743 e. The highest BCUT2D eigenvalue weighted by Gasteiger charge is 2.11. The van der Waals surface area contributed by atoms with Crippen molar-refractivity contribution in [3.63, 3.8) is 0 Å². The summed E-state index contributed by atoms with van der Waals surface area (Å²) in [6, 6.07) is 29.5. The van der Waals surface area contributed by atoms with Crippen molar-refractivity contribution in [2.75, 3.05) is 5.73 Å². The number of nitrogens with two attached hydrogens (primary N) is 1. The third-order valence-corrected chi connectivity index (χ3v) is 5.01. The highest BCUT2D eigenvalue weighted by Crippen LogP contribution is 2.31. The van der Waals surface area contributed by atoms with E-state index in [-0.39, 0.29) is 0 Å². The average molecular weight is 349 g/mol. The zero-order valence-corrected chi connectivity index (χ0v) is 15.1. The van der Waals surface area contributed by atoms with E-state index in [1.165, 1.54) is 21.5 Å². The molecule has 0 saturated carbocycles. The minimum Gasteiger partial charge on any atom is -0.399 e. The highest BCUT2D eigenvalue weighted by atomic mass is 15.3. The minimum absolute atomic E-state index is 0.752. The Kier molecular flexibility index (Phi) is 3.47. The van der Waals surface area contributed by atoms with Crippen LogP contribution in [-0.4, -0.2) is 9.78 Å². The van der Waals surface area contributed by atoms with E-state index in [1.54, 1.807) is 0 Å². The lowest BCUT2D eigenvalue weighted by molar-refractivity contribution is 0.869. The van der Waals surface area contributed by atoms with Crippen LogP contribution in [0.3, 0.4) is 0 Å². The van der Waals surface area contributed by atoms with Gasteiger partial charge in [0.05, 0.1) is 17.1 Å². The van der Waals surface area contributed by atoms with Gasteiger partial charge in [-0.05, 0) is 64.9 Å². The van der Waals surface area contributed by atoms with Crippen LogP contribution in [0, 0.1) is 6.92 Å². The predicted octanol–water partition coefficient (Wildman–Crippen LogP) is 5.74. The summed E-state index contributed by atoms with van der Waals surface area (Å²) in [7, 11) is 0.